The number of hydrogen-bond acceptors (Lipinski definition) is 4. The van der Waals surface area contributed by atoms with E-state index in [1.165, 1.54) is 19.1 Å². The number of ether oxygens (including phenoxy) is 1. The topological polar surface area (TPSA) is 65.2 Å². The zero-order valence-corrected chi connectivity index (χ0v) is 16.7. The molecule has 144 valence electrons. The first-order valence-electron chi connectivity index (χ1n) is 8.45. The van der Waals surface area contributed by atoms with Crippen LogP contribution in [0.25, 0.3) is 11.1 Å². The molecule has 1 unspecified atom stereocenters. The quantitative estimate of drug-likeness (QED) is 0.400. The number of nitrogens with zero attached hydrogens (tertiary/aromatic N) is 1. The predicted molar refractivity (Wildman–Crippen MR) is 110 cm³/mol. The van der Waals surface area contributed by atoms with Crippen LogP contribution >= 0.6 is 23.2 Å². The monoisotopic (exact) mass is 418 g/mol. The maximum atomic E-state index is 13.8. The molecule has 1 heterocycles. The van der Waals surface area contributed by atoms with Crippen molar-refractivity contribution in [3.63, 3.8) is 0 Å². The zero-order valence-electron chi connectivity index (χ0n) is 15.2. The highest BCUT2D eigenvalue weighted by Gasteiger charge is 2.20. The lowest BCUT2D eigenvalue weighted by atomic mass is 10.0. The molecule has 0 aliphatic heterocycles. The van der Waals surface area contributed by atoms with Crippen molar-refractivity contribution in [3.8, 4) is 16.9 Å². The van der Waals surface area contributed by atoms with E-state index in [1.54, 1.807) is 37.4 Å². The zero-order chi connectivity index (χ0) is 20.4. The van der Waals surface area contributed by atoms with Crippen molar-refractivity contribution >= 4 is 34.8 Å². The summed E-state index contributed by atoms with van der Waals surface area (Å²) in [5.41, 5.74) is 8.37. The Bertz CT molecular complexity index is 1060. The molecule has 3 aromatic rings. The minimum atomic E-state index is -0.668. The summed E-state index contributed by atoms with van der Waals surface area (Å²) in [6.07, 6.45) is 0.924. The second-order valence-electron chi connectivity index (χ2n) is 6.26. The number of anilines is 1. The number of carbonyl (C=O) groups is 1. The molecule has 1 atom stereocenters. The van der Waals surface area contributed by atoms with E-state index < -0.39 is 11.9 Å². The van der Waals surface area contributed by atoms with Gasteiger partial charge < -0.3 is 10.5 Å². The summed E-state index contributed by atoms with van der Waals surface area (Å²) in [5.74, 6) is -0.153. The van der Waals surface area contributed by atoms with Crippen molar-refractivity contribution in [3.05, 3.63) is 75.7 Å². The summed E-state index contributed by atoms with van der Waals surface area (Å²) in [6, 6.07) is 11.5. The van der Waals surface area contributed by atoms with Crippen LogP contribution in [0, 0.1) is 5.82 Å². The third-order valence-electron chi connectivity index (χ3n) is 4.27. The van der Waals surface area contributed by atoms with Gasteiger partial charge in [-0.15, -0.1) is 0 Å². The fraction of sp³-hybridized carbons (Fsp3) is 0.143. The molecule has 0 aliphatic carbocycles. The highest BCUT2D eigenvalue weighted by atomic mass is 35.5. The first-order chi connectivity index (χ1) is 13.3. The van der Waals surface area contributed by atoms with Gasteiger partial charge in [-0.2, -0.15) is 0 Å². The Labute approximate surface area is 172 Å². The molecule has 0 bridgehead atoms. The lowest BCUT2D eigenvalue weighted by molar-refractivity contribution is 0.101. The van der Waals surface area contributed by atoms with Crippen LogP contribution in [0.5, 0.6) is 5.75 Å². The average Bonchev–Trinajstić information content (AvgIpc) is 2.67. The number of nitrogen functional groups attached to an aromatic ring is 1. The molecule has 4 nitrogen and oxygen atoms in total. The molecule has 2 N–H and O–H groups in total. The van der Waals surface area contributed by atoms with Gasteiger partial charge in [0.05, 0.1) is 5.02 Å². The van der Waals surface area contributed by atoms with E-state index in [-0.39, 0.29) is 21.6 Å². The SMILES string of the molecule is CC(=O)c1cccc(-c2cnc(N)c(OC(C)c3c(Cl)ccc(F)c3Cl)c2)c1. The van der Waals surface area contributed by atoms with Crippen LogP contribution in [0.15, 0.2) is 48.7 Å². The molecule has 0 fully saturated rings. The number of Topliss-reactive ketones (excluding diaryl/α,β-unsaturated/α-hetero) is 1. The number of pyridine rings is 1. The number of halogens is 3. The Hall–Kier alpha value is -2.63. The summed E-state index contributed by atoms with van der Waals surface area (Å²) < 4.78 is 19.7. The summed E-state index contributed by atoms with van der Waals surface area (Å²) in [7, 11) is 0. The van der Waals surface area contributed by atoms with E-state index >= 15 is 0 Å². The molecule has 0 saturated carbocycles. The number of hydrogen-bond donors (Lipinski definition) is 1. The lowest BCUT2D eigenvalue weighted by Crippen LogP contribution is -2.08. The number of nitrogens with two attached hydrogens (primary N) is 1. The molecule has 0 aliphatic rings. The predicted octanol–water partition coefficient (Wildman–Crippen LogP) is 6.12. The van der Waals surface area contributed by atoms with Crippen molar-refractivity contribution in [1.29, 1.82) is 0 Å². The van der Waals surface area contributed by atoms with Gasteiger partial charge in [0, 0.05) is 27.9 Å². The number of ketones is 1. The first kappa shape index (κ1) is 20.1. The molecule has 3 rings (SSSR count). The number of rotatable bonds is 5. The van der Waals surface area contributed by atoms with Gasteiger partial charge in [0.2, 0.25) is 0 Å². The van der Waals surface area contributed by atoms with Crippen LogP contribution in [0.3, 0.4) is 0 Å². The minimum Gasteiger partial charge on any atom is -0.482 e. The summed E-state index contributed by atoms with van der Waals surface area (Å²) in [6.45, 7) is 3.19. The lowest BCUT2D eigenvalue weighted by Gasteiger charge is -2.19. The third kappa shape index (κ3) is 4.11. The Morgan fingerprint density at radius 2 is 1.93 bits per heavy atom. The Morgan fingerprint density at radius 1 is 1.18 bits per heavy atom. The maximum Gasteiger partial charge on any atom is 0.166 e. The van der Waals surface area contributed by atoms with Gasteiger partial charge in [-0.25, -0.2) is 9.37 Å². The van der Waals surface area contributed by atoms with Crippen molar-refractivity contribution in [1.82, 2.24) is 4.98 Å². The van der Waals surface area contributed by atoms with E-state index in [9.17, 15) is 9.18 Å². The van der Waals surface area contributed by atoms with Crippen LogP contribution < -0.4 is 10.5 Å². The highest BCUT2D eigenvalue weighted by molar-refractivity contribution is 6.36. The van der Waals surface area contributed by atoms with Crippen LogP contribution in [-0.4, -0.2) is 10.8 Å². The first-order valence-corrected chi connectivity index (χ1v) is 9.20. The van der Waals surface area contributed by atoms with Gasteiger partial charge in [0.1, 0.15) is 11.9 Å². The third-order valence-corrected chi connectivity index (χ3v) is 4.99. The molecule has 0 saturated heterocycles. The Morgan fingerprint density at radius 3 is 2.64 bits per heavy atom. The highest BCUT2D eigenvalue weighted by Crippen LogP contribution is 2.37. The average molecular weight is 419 g/mol. The number of carbonyl (C=O) groups excluding carboxylic acids is 1. The van der Waals surface area contributed by atoms with Crippen molar-refractivity contribution in [2.45, 2.75) is 20.0 Å². The van der Waals surface area contributed by atoms with Crippen LogP contribution in [0.1, 0.15) is 35.9 Å². The Kier molecular flexibility index (Phi) is 5.87. The minimum absolute atomic E-state index is 0.0364. The van der Waals surface area contributed by atoms with Crippen molar-refractivity contribution < 1.29 is 13.9 Å². The molecule has 0 spiro atoms. The molecule has 0 amide bonds. The van der Waals surface area contributed by atoms with Crippen molar-refractivity contribution in [2.24, 2.45) is 0 Å². The van der Waals surface area contributed by atoms with Crippen LogP contribution in [-0.2, 0) is 0 Å². The van der Waals surface area contributed by atoms with Gasteiger partial charge in [-0.1, -0.05) is 41.4 Å². The van der Waals surface area contributed by atoms with Gasteiger partial charge in [0.15, 0.2) is 17.4 Å². The smallest absolute Gasteiger partial charge is 0.166 e. The summed E-state index contributed by atoms with van der Waals surface area (Å²) in [4.78, 5) is 15.8. The van der Waals surface area contributed by atoms with E-state index in [0.717, 1.165) is 11.1 Å². The Balaban J connectivity index is 1.96. The van der Waals surface area contributed by atoms with E-state index in [2.05, 4.69) is 4.98 Å². The largest absolute Gasteiger partial charge is 0.482 e. The van der Waals surface area contributed by atoms with Gasteiger partial charge in [0.25, 0.3) is 0 Å². The second kappa shape index (κ2) is 8.17. The van der Waals surface area contributed by atoms with Gasteiger partial charge >= 0.3 is 0 Å². The molecular formula is C21H17Cl2FN2O2. The summed E-state index contributed by atoms with van der Waals surface area (Å²) >= 11 is 12.2. The van der Waals surface area contributed by atoms with E-state index in [4.69, 9.17) is 33.7 Å². The van der Waals surface area contributed by atoms with E-state index in [1.807, 2.05) is 6.07 Å². The van der Waals surface area contributed by atoms with E-state index in [0.29, 0.717) is 16.9 Å². The fourth-order valence-corrected chi connectivity index (χ4v) is 3.47. The second-order valence-corrected chi connectivity index (χ2v) is 7.05. The molecule has 7 heteroatoms. The molecule has 28 heavy (non-hydrogen) atoms. The van der Waals surface area contributed by atoms with Crippen molar-refractivity contribution in [2.75, 3.05) is 5.73 Å². The molecular weight excluding hydrogens is 402 g/mol. The summed E-state index contributed by atoms with van der Waals surface area (Å²) in [5, 5.41) is 0.188. The van der Waals surface area contributed by atoms with Crippen LogP contribution in [0.2, 0.25) is 10.0 Å². The number of benzene rings is 2. The van der Waals surface area contributed by atoms with Gasteiger partial charge in [-0.3, -0.25) is 4.79 Å². The standard InChI is InChI=1S/C21H17Cl2FN2O2/c1-11(27)13-4-3-5-14(8-13)15-9-18(21(25)26-10-15)28-12(2)19-16(22)6-7-17(24)20(19)23/h3-10,12H,1-2H3,(H2,25,26). The number of aromatic nitrogens is 1. The maximum absolute atomic E-state index is 13.8. The fourth-order valence-electron chi connectivity index (χ4n) is 2.79. The normalized spacial score (nSPS) is 11.9. The molecule has 0 radical (unpaired) electrons. The van der Waals surface area contributed by atoms with Gasteiger partial charge in [-0.05, 0) is 43.7 Å². The molecule has 2 aromatic carbocycles. The van der Waals surface area contributed by atoms with Crippen LogP contribution in [0.4, 0.5) is 10.2 Å². The molecule has 1 aromatic heterocycles.